The summed E-state index contributed by atoms with van der Waals surface area (Å²) in [6.45, 7) is 9.81. The molecule has 2 rings (SSSR count). The van der Waals surface area contributed by atoms with Crippen molar-refractivity contribution >= 4 is 0 Å². The van der Waals surface area contributed by atoms with Crippen LogP contribution in [0, 0.1) is 5.92 Å². The number of hydrogen-bond acceptors (Lipinski definition) is 2. The van der Waals surface area contributed by atoms with E-state index in [0.29, 0.717) is 5.54 Å². The maximum absolute atomic E-state index is 3.59. The Labute approximate surface area is 94.4 Å². The van der Waals surface area contributed by atoms with Gasteiger partial charge in [0.1, 0.15) is 0 Å². The van der Waals surface area contributed by atoms with E-state index in [0.717, 1.165) is 5.92 Å². The van der Waals surface area contributed by atoms with Gasteiger partial charge < -0.3 is 5.32 Å². The summed E-state index contributed by atoms with van der Waals surface area (Å²) < 4.78 is 0. The van der Waals surface area contributed by atoms with E-state index in [9.17, 15) is 0 Å². The van der Waals surface area contributed by atoms with Crippen LogP contribution in [0.5, 0.6) is 0 Å². The van der Waals surface area contributed by atoms with Crippen LogP contribution >= 0.6 is 0 Å². The molecule has 0 aliphatic carbocycles. The Morgan fingerprint density at radius 3 is 2.73 bits per heavy atom. The first-order valence-electron chi connectivity index (χ1n) is 6.69. The van der Waals surface area contributed by atoms with E-state index in [2.05, 4.69) is 24.1 Å². The Balaban J connectivity index is 1.91. The Hall–Kier alpha value is -0.0800. The molecule has 1 spiro atoms. The predicted molar refractivity (Wildman–Crippen MR) is 65.1 cm³/mol. The van der Waals surface area contributed by atoms with E-state index in [1.54, 1.807) is 0 Å². The van der Waals surface area contributed by atoms with Crippen LogP contribution in [-0.2, 0) is 0 Å². The minimum absolute atomic E-state index is 0.549. The molecule has 2 fully saturated rings. The number of likely N-dealkylation sites (tertiary alicyclic amines) is 1. The smallest absolute Gasteiger partial charge is 0.0334 e. The van der Waals surface area contributed by atoms with Crippen LogP contribution in [0.2, 0.25) is 0 Å². The third kappa shape index (κ3) is 2.54. The second kappa shape index (κ2) is 4.84. The highest BCUT2D eigenvalue weighted by Crippen LogP contribution is 2.34. The summed E-state index contributed by atoms with van der Waals surface area (Å²) in [5, 5.41) is 3.59. The average Bonchev–Trinajstić information content (AvgIpc) is 2.59. The lowest BCUT2D eigenvalue weighted by Crippen LogP contribution is -2.54. The summed E-state index contributed by atoms with van der Waals surface area (Å²) in [5.41, 5.74) is 0.549. The van der Waals surface area contributed by atoms with E-state index < -0.39 is 0 Å². The SMILES string of the molecule is CC(C)CCN1CCCC12CCCNC2. The van der Waals surface area contributed by atoms with Crippen LogP contribution in [-0.4, -0.2) is 36.6 Å². The number of rotatable bonds is 3. The van der Waals surface area contributed by atoms with Gasteiger partial charge in [0.15, 0.2) is 0 Å². The number of hydrogen-bond donors (Lipinski definition) is 1. The molecule has 2 aliphatic heterocycles. The Kier molecular flexibility index (Phi) is 3.68. The summed E-state index contributed by atoms with van der Waals surface area (Å²) in [6.07, 6.45) is 7.01. The fraction of sp³-hybridized carbons (Fsp3) is 1.00. The molecule has 0 amide bonds. The van der Waals surface area contributed by atoms with E-state index in [1.165, 1.54) is 58.3 Å². The van der Waals surface area contributed by atoms with Crippen molar-refractivity contribution < 1.29 is 0 Å². The first-order chi connectivity index (χ1) is 7.23. The van der Waals surface area contributed by atoms with E-state index in [4.69, 9.17) is 0 Å². The molecule has 1 N–H and O–H groups in total. The zero-order chi connectivity index (χ0) is 10.7. The molecule has 0 radical (unpaired) electrons. The molecule has 0 bridgehead atoms. The van der Waals surface area contributed by atoms with Gasteiger partial charge in [-0.2, -0.15) is 0 Å². The first-order valence-corrected chi connectivity index (χ1v) is 6.69. The van der Waals surface area contributed by atoms with Crippen molar-refractivity contribution in [1.29, 1.82) is 0 Å². The maximum atomic E-state index is 3.59. The van der Waals surface area contributed by atoms with Gasteiger partial charge in [-0.25, -0.2) is 0 Å². The molecule has 0 aromatic heterocycles. The molecular formula is C13H26N2. The highest BCUT2D eigenvalue weighted by molar-refractivity contribution is 4.99. The van der Waals surface area contributed by atoms with Crippen LogP contribution in [0.3, 0.4) is 0 Å². The summed E-state index contributed by atoms with van der Waals surface area (Å²) in [6, 6.07) is 0. The van der Waals surface area contributed by atoms with Gasteiger partial charge in [0.05, 0.1) is 0 Å². The Bertz CT molecular complexity index is 195. The van der Waals surface area contributed by atoms with Crippen molar-refractivity contribution in [3.05, 3.63) is 0 Å². The predicted octanol–water partition coefficient (Wildman–Crippen LogP) is 2.25. The number of nitrogens with one attached hydrogen (secondary N) is 1. The minimum atomic E-state index is 0.549. The van der Waals surface area contributed by atoms with Crippen LogP contribution in [0.25, 0.3) is 0 Å². The van der Waals surface area contributed by atoms with Gasteiger partial charge in [0, 0.05) is 12.1 Å². The second-order valence-corrected chi connectivity index (χ2v) is 5.78. The zero-order valence-corrected chi connectivity index (χ0v) is 10.4. The largest absolute Gasteiger partial charge is 0.315 e. The van der Waals surface area contributed by atoms with Crippen molar-refractivity contribution in [2.45, 2.75) is 51.5 Å². The molecule has 0 aromatic carbocycles. The third-order valence-corrected chi connectivity index (χ3v) is 4.17. The first kappa shape index (κ1) is 11.4. The van der Waals surface area contributed by atoms with E-state index >= 15 is 0 Å². The van der Waals surface area contributed by atoms with E-state index in [1.807, 2.05) is 0 Å². The van der Waals surface area contributed by atoms with Gasteiger partial charge in [-0.15, -0.1) is 0 Å². The Morgan fingerprint density at radius 1 is 1.27 bits per heavy atom. The molecule has 15 heavy (non-hydrogen) atoms. The lowest BCUT2D eigenvalue weighted by Gasteiger charge is -2.42. The van der Waals surface area contributed by atoms with Gasteiger partial charge in [-0.05, 0) is 57.7 Å². The van der Waals surface area contributed by atoms with Crippen molar-refractivity contribution in [3.8, 4) is 0 Å². The third-order valence-electron chi connectivity index (χ3n) is 4.17. The molecule has 88 valence electrons. The van der Waals surface area contributed by atoms with Gasteiger partial charge >= 0.3 is 0 Å². The molecule has 2 saturated heterocycles. The topological polar surface area (TPSA) is 15.3 Å². The number of nitrogens with zero attached hydrogens (tertiary/aromatic N) is 1. The van der Waals surface area contributed by atoms with Crippen LogP contribution in [0.1, 0.15) is 46.0 Å². The Morgan fingerprint density at radius 2 is 2.07 bits per heavy atom. The average molecular weight is 210 g/mol. The van der Waals surface area contributed by atoms with Gasteiger partial charge in [0.2, 0.25) is 0 Å². The molecule has 0 saturated carbocycles. The molecule has 1 unspecified atom stereocenters. The zero-order valence-electron chi connectivity index (χ0n) is 10.4. The molecule has 1 atom stereocenters. The molecular weight excluding hydrogens is 184 g/mol. The van der Waals surface area contributed by atoms with Crippen LogP contribution in [0.4, 0.5) is 0 Å². The summed E-state index contributed by atoms with van der Waals surface area (Å²) >= 11 is 0. The summed E-state index contributed by atoms with van der Waals surface area (Å²) in [5.74, 6) is 0.846. The highest BCUT2D eigenvalue weighted by Gasteiger charge is 2.40. The van der Waals surface area contributed by atoms with Crippen LogP contribution in [0.15, 0.2) is 0 Å². The molecule has 2 heterocycles. The van der Waals surface area contributed by atoms with Crippen molar-refractivity contribution in [1.82, 2.24) is 10.2 Å². The fourth-order valence-electron chi connectivity index (χ4n) is 3.19. The molecule has 2 aliphatic rings. The lowest BCUT2D eigenvalue weighted by molar-refractivity contribution is 0.100. The van der Waals surface area contributed by atoms with E-state index in [-0.39, 0.29) is 0 Å². The normalized spacial score (nSPS) is 33.0. The van der Waals surface area contributed by atoms with Crippen molar-refractivity contribution in [3.63, 3.8) is 0 Å². The minimum Gasteiger partial charge on any atom is -0.315 e. The summed E-state index contributed by atoms with van der Waals surface area (Å²) in [7, 11) is 0. The second-order valence-electron chi connectivity index (χ2n) is 5.78. The molecule has 2 heteroatoms. The lowest BCUT2D eigenvalue weighted by atomic mass is 9.87. The molecule has 2 nitrogen and oxygen atoms in total. The van der Waals surface area contributed by atoms with Crippen molar-refractivity contribution in [2.24, 2.45) is 5.92 Å². The van der Waals surface area contributed by atoms with Gasteiger partial charge in [0.25, 0.3) is 0 Å². The van der Waals surface area contributed by atoms with Gasteiger partial charge in [-0.1, -0.05) is 13.8 Å². The highest BCUT2D eigenvalue weighted by atomic mass is 15.2. The number of piperidine rings is 1. The van der Waals surface area contributed by atoms with Crippen LogP contribution < -0.4 is 5.32 Å². The quantitative estimate of drug-likeness (QED) is 0.768. The maximum Gasteiger partial charge on any atom is 0.0334 e. The van der Waals surface area contributed by atoms with Crippen molar-refractivity contribution in [2.75, 3.05) is 26.2 Å². The molecule has 0 aromatic rings. The van der Waals surface area contributed by atoms with Gasteiger partial charge in [-0.3, -0.25) is 4.90 Å². The summed E-state index contributed by atoms with van der Waals surface area (Å²) in [4.78, 5) is 2.78. The standard InChI is InChI=1S/C13H26N2/c1-12(2)5-10-15-9-4-7-13(15)6-3-8-14-11-13/h12,14H,3-11H2,1-2H3. The monoisotopic (exact) mass is 210 g/mol. The fourth-order valence-corrected chi connectivity index (χ4v) is 3.19.